The van der Waals surface area contributed by atoms with Gasteiger partial charge in [-0.1, -0.05) is 39.7 Å². The lowest BCUT2D eigenvalue weighted by Crippen LogP contribution is -2.01. The number of hydrogen-bond acceptors (Lipinski definition) is 2. The molecular formula is C13H11BrClNOS. The quantitative estimate of drug-likeness (QED) is 0.855. The fourth-order valence-electron chi connectivity index (χ4n) is 1.56. The maximum absolute atomic E-state index is 12.3. The van der Waals surface area contributed by atoms with Gasteiger partial charge in [0, 0.05) is 15.2 Å². The van der Waals surface area contributed by atoms with E-state index in [9.17, 15) is 4.21 Å². The summed E-state index contributed by atoms with van der Waals surface area (Å²) >= 11 is 9.28. The van der Waals surface area contributed by atoms with Gasteiger partial charge >= 0.3 is 0 Å². The SMILES string of the molecule is Nc1ccc(Cl)cc1S(=O)Cc1cccc(Br)c1. The molecule has 2 rings (SSSR count). The van der Waals surface area contributed by atoms with Gasteiger partial charge in [0.25, 0.3) is 0 Å². The minimum Gasteiger partial charge on any atom is -0.398 e. The lowest BCUT2D eigenvalue weighted by molar-refractivity contribution is 0.683. The lowest BCUT2D eigenvalue weighted by Gasteiger charge is -2.06. The molecule has 0 fully saturated rings. The van der Waals surface area contributed by atoms with Crippen LogP contribution in [0.1, 0.15) is 5.56 Å². The van der Waals surface area contributed by atoms with Gasteiger partial charge in [0.15, 0.2) is 0 Å². The molecular weight excluding hydrogens is 334 g/mol. The average Bonchev–Trinajstić information content (AvgIpc) is 2.32. The van der Waals surface area contributed by atoms with Crippen LogP contribution in [0.5, 0.6) is 0 Å². The minimum absolute atomic E-state index is 0.421. The molecule has 5 heteroatoms. The normalized spacial score (nSPS) is 12.3. The molecule has 2 aromatic carbocycles. The van der Waals surface area contributed by atoms with Crippen molar-refractivity contribution in [1.29, 1.82) is 0 Å². The van der Waals surface area contributed by atoms with E-state index in [-0.39, 0.29) is 0 Å². The van der Waals surface area contributed by atoms with Crippen LogP contribution in [-0.2, 0) is 16.6 Å². The van der Waals surface area contributed by atoms with Gasteiger partial charge in [-0.3, -0.25) is 4.21 Å². The highest BCUT2D eigenvalue weighted by Crippen LogP contribution is 2.24. The molecule has 0 aliphatic heterocycles. The van der Waals surface area contributed by atoms with Crippen LogP contribution in [0.3, 0.4) is 0 Å². The first-order valence-electron chi connectivity index (χ1n) is 5.24. The van der Waals surface area contributed by atoms with Crippen LogP contribution in [-0.4, -0.2) is 4.21 Å². The van der Waals surface area contributed by atoms with Gasteiger partial charge in [-0.25, -0.2) is 0 Å². The molecule has 1 unspecified atom stereocenters. The Labute approximate surface area is 122 Å². The van der Waals surface area contributed by atoms with Crippen molar-refractivity contribution in [3.63, 3.8) is 0 Å². The summed E-state index contributed by atoms with van der Waals surface area (Å²) in [5.41, 5.74) is 7.31. The summed E-state index contributed by atoms with van der Waals surface area (Å²) in [5, 5.41) is 0.543. The van der Waals surface area contributed by atoms with Crippen molar-refractivity contribution < 1.29 is 4.21 Å². The van der Waals surface area contributed by atoms with E-state index in [1.54, 1.807) is 18.2 Å². The van der Waals surface area contributed by atoms with Crippen LogP contribution in [0.2, 0.25) is 5.02 Å². The van der Waals surface area contributed by atoms with E-state index >= 15 is 0 Å². The number of rotatable bonds is 3. The number of hydrogen-bond donors (Lipinski definition) is 1. The molecule has 0 aromatic heterocycles. The van der Waals surface area contributed by atoms with E-state index in [2.05, 4.69) is 15.9 Å². The Balaban J connectivity index is 2.24. The second kappa shape index (κ2) is 5.87. The van der Waals surface area contributed by atoms with Gasteiger partial charge in [0.2, 0.25) is 0 Å². The molecule has 0 spiro atoms. The Morgan fingerprint density at radius 3 is 2.72 bits per heavy atom. The Bertz CT molecular complexity index is 603. The molecule has 0 bridgehead atoms. The first-order valence-corrected chi connectivity index (χ1v) is 7.73. The number of anilines is 1. The standard InChI is InChI=1S/C13H11BrClNOS/c14-10-3-1-2-9(6-10)8-18(17)13-7-11(15)4-5-12(13)16/h1-7H,8,16H2. The first-order chi connectivity index (χ1) is 8.56. The monoisotopic (exact) mass is 343 g/mol. The minimum atomic E-state index is -1.19. The second-order valence-corrected chi connectivity index (χ2v) is 6.57. The summed E-state index contributed by atoms with van der Waals surface area (Å²) in [5.74, 6) is 0.421. The molecule has 2 nitrogen and oxygen atoms in total. The zero-order valence-electron chi connectivity index (χ0n) is 9.40. The van der Waals surface area contributed by atoms with Crippen molar-refractivity contribution in [1.82, 2.24) is 0 Å². The maximum atomic E-state index is 12.3. The van der Waals surface area contributed by atoms with Crippen molar-refractivity contribution >= 4 is 44.0 Å². The second-order valence-electron chi connectivity index (χ2n) is 3.80. The summed E-state index contributed by atoms with van der Waals surface area (Å²) in [4.78, 5) is 0.586. The molecule has 94 valence electrons. The summed E-state index contributed by atoms with van der Waals surface area (Å²) < 4.78 is 13.2. The van der Waals surface area contributed by atoms with Crippen molar-refractivity contribution in [2.45, 2.75) is 10.6 Å². The number of benzene rings is 2. The highest BCUT2D eigenvalue weighted by molar-refractivity contribution is 9.10. The Morgan fingerprint density at radius 1 is 1.22 bits per heavy atom. The topological polar surface area (TPSA) is 43.1 Å². The van der Waals surface area contributed by atoms with Gasteiger partial charge < -0.3 is 5.73 Å². The molecule has 0 saturated heterocycles. The zero-order chi connectivity index (χ0) is 13.1. The largest absolute Gasteiger partial charge is 0.398 e. The third-order valence-corrected chi connectivity index (χ3v) is 4.58. The summed E-state index contributed by atoms with van der Waals surface area (Å²) in [7, 11) is -1.19. The molecule has 0 amide bonds. The van der Waals surface area contributed by atoms with Gasteiger partial charge in [-0.05, 0) is 35.9 Å². The van der Waals surface area contributed by atoms with Crippen molar-refractivity contribution in [2.75, 3.05) is 5.73 Å². The van der Waals surface area contributed by atoms with Gasteiger partial charge in [-0.2, -0.15) is 0 Å². The average molecular weight is 345 g/mol. The molecule has 0 aliphatic rings. The molecule has 18 heavy (non-hydrogen) atoms. The van der Waals surface area contributed by atoms with E-state index in [1.165, 1.54) is 0 Å². The van der Waals surface area contributed by atoms with E-state index in [0.29, 0.717) is 21.4 Å². The lowest BCUT2D eigenvalue weighted by atomic mass is 10.2. The summed E-state index contributed by atoms with van der Waals surface area (Å²) in [6.07, 6.45) is 0. The molecule has 0 saturated carbocycles. The fourth-order valence-corrected chi connectivity index (χ4v) is 3.47. The van der Waals surface area contributed by atoms with Crippen molar-refractivity contribution in [2.24, 2.45) is 0 Å². The third kappa shape index (κ3) is 3.34. The smallest absolute Gasteiger partial charge is 0.0635 e. The van der Waals surface area contributed by atoms with Crippen LogP contribution in [0, 0.1) is 0 Å². The van der Waals surface area contributed by atoms with E-state index < -0.39 is 10.8 Å². The van der Waals surface area contributed by atoms with Gasteiger partial charge in [0.1, 0.15) is 0 Å². The van der Waals surface area contributed by atoms with E-state index in [4.69, 9.17) is 17.3 Å². The third-order valence-electron chi connectivity index (χ3n) is 2.41. The van der Waals surface area contributed by atoms with Crippen LogP contribution in [0.25, 0.3) is 0 Å². The van der Waals surface area contributed by atoms with Crippen molar-refractivity contribution in [3.05, 3.63) is 57.5 Å². The number of nitrogens with two attached hydrogens (primary N) is 1. The van der Waals surface area contributed by atoms with Crippen LogP contribution >= 0.6 is 27.5 Å². The zero-order valence-corrected chi connectivity index (χ0v) is 12.6. The van der Waals surface area contributed by atoms with Crippen LogP contribution in [0.15, 0.2) is 51.8 Å². The molecule has 2 aromatic rings. The molecule has 2 N–H and O–H groups in total. The highest BCUT2D eigenvalue weighted by atomic mass is 79.9. The Kier molecular flexibility index (Phi) is 4.43. The van der Waals surface area contributed by atoms with E-state index in [0.717, 1.165) is 10.0 Å². The Hall–Kier alpha value is -0.840. The summed E-state index contributed by atoms with van der Waals surface area (Å²) in [6.45, 7) is 0. The first kappa shape index (κ1) is 13.6. The van der Waals surface area contributed by atoms with E-state index in [1.807, 2.05) is 24.3 Å². The summed E-state index contributed by atoms with van der Waals surface area (Å²) in [6, 6.07) is 12.7. The predicted molar refractivity (Wildman–Crippen MR) is 80.1 cm³/mol. The van der Waals surface area contributed by atoms with Crippen LogP contribution in [0.4, 0.5) is 5.69 Å². The maximum Gasteiger partial charge on any atom is 0.0635 e. The van der Waals surface area contributed by atoms with Gasteiger partial charge in [0.05, 0.1) is 21.4 Å². The Morgan fingerprint density at radius 2 is 2.00 bits per heavy atom. The number of nitrogen functional groups attached to an aromatic ring is 1. The molecule has 1 atom stereocenters. The van der Waals surface area contributed by atoms with Gasteiger partial charge in [-0.15, -0.1) is 0 Å². The van der Waals surface area contributed by atoms with Crippen molar-refractivity contribution in [3.8, 4) is 0 Å². The van der Waals surface area contributed by atoms with Crippen LogP contribution < -0.4 is 5.73 Å². The fraction of sp³-hybridized carbons (Fsp3) is 0.0769. The molecule has 0 radical (unpaired) electrons. The number of halogens is 2. The molecule has 0 heterocycles. The highest BCUT2D eigenvalue weighted by Gasteiger charge is 2.09. The molecule has 0 aliphatic carbocycles. The predicted octanol–water partition coefficient (Wildman–Crippen LogP) is 3.99.